The molecule has 0 aromatic heterocycles. The Kier molecular flexibility index (Phi) is 2.84. The topological polar surface area (TPSA) is 70.0 Å². The van der Waals surface area contributed by atoms with Crippen LogP contribution in [0, 0.1) is 5.92 Å². The number of fused-ring (bicyclic) bond motifs is 1. The molecule has 86 valence electrons. The van der Waals surface area contributed by atoms with Crippen LogP contribution in [0.5, 0.6) is 0 Å². The lowest BCUT2D eigenvalue weighted by Crippen LogP contribution is -2.43. The van der Waals surface area contributed by atoms with Crippen LogP contribution in [-0.4, -0.2) is 52.6 Å². The highest BCUT2D eigenvalue weighted by Gasteiger charge is 2.51. The SMILES string of the molecule is CCCC1CN(C(=O)O)C2C(O)COC12. The van der Waals surface area contributed by atoms with Crippen molar-refractivity contribution in [1.29, 1.82) is 0 Å². The molecule has 2 fully saturated rings. The maximum atomic E-state index is 11.0. The number of aliphatic hydroxyl groups is 1. The maximum Gasteiger partial charge on any atom is 0.407 e. The van der Waals surface area contributed by atoms with Crippen LogP contribution in [-0.2, 0) is 4.74 Å². The van der Waals surface area contributed by atoms with Gasteiger partial charge in [0, 0.05) is 12.5 Å². The van der Waals surface area contributed by atoms with E-state index in [1.54, 1.807) is 0 Å². The van der Waals surface area contributed by atoms with Crippen molar-refractivity contribution >= 4 is 6.09 Å². The van der Waals surface area contributed by atoms with E-state index in [4.69, 9.17) is 9.84 Å². The molecule has 0 aliphatic carbocycles. The summed E-state index contributed by atoms with van der Waals surface area (Å²) in [6.45, 7) is 2.83. The number of nitrogens with zero attached hydrogens (tertiary/aromatic N) is 1. The molecular formula is C10H17NO4. The summed E-state index contributed by atoms with van der Waals surface area (Å²) in [7, 11) is 0. The lowest BCUT2D eigenvalue weighted by molar-refractivity contribution is 0.0584. The molecule has 5 heteroatoms. The van der Waals surface area contributed by atoms with Crippen molar-refractivity contribution in [2.45, 2.75) is 38.0 Å². The molecule has 0 saturated carbocycles. The summed E-state index contributed by atoms with van der Waals surface area (Å²) >= 11 is 0. The van der Waals surface area contributed by atoms with E-state index >= 15 is 0 Å². The van der Waals surface area contributed by atoms with E-state index in [0.29, 0.717) is 6.54 Å². The van der Waals surface area contributed by atoms with Gasteiger partial charge in [0.25, 0.3) is 0 Å². The van der Waals surface area contributed by atoms with Crippen LogP contribution < -0.4 is 0 Å². The second kappa shape index (κ2) is 3.98. The van der Waals surface area contributed by atoms with Crippen LogP contribution in [0.1, 0.15) is 19.8 Å². The number of ether oxygens (including phenoxy) is 1. The fraction of sp³-hybridized carbons (Fsp3) is 0.900. The Morgan fingerprint density at radius 2 is 2.33 bits per heavy atom. The molecule has 0 aromatic carbocycles. The maximum absolute atomic E-state index is 11.0. The Labute approximate surface area is 88.6 Å². The zero-order valence-corrected chi connectivity index (χ0v) is 8.80. The molecule has 2 aliphatic rings. The first-order chi connectivity index (χ1) is 7.15. The van der Waals surface area contributed by atoms with Crippen molar-refractivity contribution in [2.75, 3.05) is 13.2 Å². The summed E-state index contributed by atoms with van der Waals surface area (Å²) in [6.07, 6.45) is 0.260. The molecule has 4 unspecified atom stereocenters. The normalized spacial score (nSPS) is 39.5. The van der Waals surface area contributed by atoms with E-state index in [-0.39, 0.29) is 24.7 Å². The summed E-state index contributed by atoms with van der Waals surface area (Å²) in [6, 6.07) is -0.348. The Hall–Kier alpha value is -0.810. The van der Waals surface area contributed by atoms with Crippen LogP contribution in [0.4, 0.5) is 4.79 Å². The number of hydrogen-bond acceptors (Lipinski definition) is 3. The van der Waals surface area contributed by atoms with Crippen molar-refractivity contribution in [2.24, 2.45) is 5.92 Å². The Morgan fingerprint density at radius 1 is 1.60 bits per heavy atom. The van der Waals surface area contributed by atoms with Crippen LogP contribution >= 0.6 is 0 Å². The molecule has 5 nitrogen and oxygen atoms in total. The molecule has 4 atom stereocenters. The number of hydrogen-bond donors (Lipinski definition) is 2. The molecule has 1 amide bonds. The first kappa shape index (κ1) is 10.7. The summed E-state index contributed by atoms with van der Waals surface area (Å²) in [5.41, 5.74) is 0. The number of carbonyl (C=O) groups is 1. The van der Waals surface area contributed by atoms with E-state index in [9.17, 15) is 9.90 Å². The third-order valence-corrected chi connectivity index (χ3v) is 3.35. The predicted octanol–water partition coefficient (Wildman–Crippen LogP) is 0.525. The molecule has 0 aromatic rings. The Balaban J connectivity index is 2.13. The van der Waals surface area contributed by atoms with Gasteiger partial charge in [0.15, 0.2) is 0 Å². The van der Waals surface area contributed by atoms with E-state index in [0.717, 1.165) is 12.8 Å². The van der Waals surface area contributed by atoms with Gasteiger partial charge >= 0.3 is 6.09 Å². The first-order valence-corrected chi connectivity index (χ1v) is 5.44. The van der Waals surface area contributed by atoms with E-state index in [1.165, 1.54) is 4.90 Å². The molecule has 2 heterocycles. The third-order valence-electron chi connectivity index (χ3n) is 3.35. The largest absolute Gasteiger partial charge is 0.465 e. The van der Waals surface area contributed by atoms with Crippen molar-refractivity contribution in [1.82, 2.24) is 4.90 Å². The molecule has 2 N–H and O–H groups in total. The second-order valence-corrected chi connectivity index (χ2v) is 4.34. The van der Waals surface area contributed by atoms with Crippen molar-refractivity contribution in [3.8, 4) is 0 Å². The summed E-state index contributed by atoms with van der Waals surface area (Å²) < 4.78 is 5.48. The minimum atomic E-state index is -0.951. The van der Waals surface area contributed by atoms with E-state index in [2.05, 4.69) is 6.92 Å². The standard InChI is InChI=1S/C10H17NO4/c1-2-3-6-4-11(10(13)14)8-7(12)5-15-9(6)8/h6-9,12H,2-5H2,1H3,(H,13,14). The highest BCUT2D eigenvalue weighted by atomic mass is 16.5. The van der Waals surface area contributed by atoms with Gasteiger partial charge in [0.2, 0.25) is 0 Å². The van der Waals surface area contributed by atoms with Gasteiger partial charge in [-0.25, -0.2) is 4.79 Å². The van der Waals surface area contributed by atoms with Gasteiger partial charge in [-0.05, 0) is 6.42 Å². The average Bonchev–Trinajstić information content (AvgIpc) is 2.70. The average molecular weight is 215 g/mol. The molecule has 15 heavy (non-hydrogen) atoms. The minimum Gasteiger partial charge on any atom is -0.465 e. The van der Waals surface area contributed by atoms with Crippen LogP contribution in [0.3, 0.4) is 0 Å². The monoisotopic (exact) mass is 215 g/mol. The molecule has 0 bridgehead atoms. The fourth-order valence-corrected chi connectivity index (χ4v) is 2.74. The summed E-state index contributed by atoms with van der Waals surface area (Å²) in [4.78, 5) is 12.3. The number of carboxylic acid groups (broad SMARTS) is 1. The molecule has 2 aliphatic heterocycles. The van der Waals surface area contributed by atoms with Gasteiger partial charge in [0.05, 0.1) is 18.8 Å². The third kappa shape index (κ3) is 1.70. The zero-order chi connectivity index (χ0) is 11.0. The Morgan fingerprint density at radius 3 is 2.93 bits per heavy atom. The zero-order valence-electron chi connectivity index (χ0n) is 8.80. The van der Waals surface area contributed by atoms with Gasteiger partial charge in [-0.1, -0.05) is 13.3 Å². The van der Waals surface area contributed by atoms with Gasteiger partial charge in [-0.15, -0.1) is 0 Å². The molecule has 2 saturated heterocycles. The lowest BCUT2D eigenvalue weighted by atomic mass is 9.97. The van der Waals surface area contributed by atoms with Crippen LogP contribution in [0.2, 0.25) is 0 Å². The summed E-state index contributed by atoms with van der Waals surface area (Å²) in [5.74, 6) is 0.244. The van der Waals surface area contributed by atoms with Gasteiger partial charge < -0.3 is 14.9 Å². The molecular weight excluding hydrogens is 198 g/mol. The van der Waals surface area contributed by atoms with Crippen LogP contribution in [0.15, 0.2) is 0 Å². The first-order valence-electron chi connectivity index (χ1n) is 5.44. The highest BCUT2D eigenvalue weighted by Crippen LogP contribution is 2.35. The quantitative estimate of drug-likeness (QED) is 0.704. The predicted molar refractivity (Wildman–Crippen MR) is 52.7 cm³/mol. The van der Waals surface area contributed by atoms with Gasteiger partial charge in [0.1, 0.15) is 6.10 Å². The summed E-state index contributed by atoms with van der Waals surface area (Å²) in [5, 5.41) is 18.7. The number of amides is 1. The minimum absolute atomic E-state index is 0.101. The number of rotatable bonds is 2. The highest BCUT2D eigenvalue weighted by molar-refractivity contribution is 5.66. The molecule has 0 radical (unpaired) electrons. The smallest absolute Gasteiger partial charge is 0.407 e. The van der Waals surface area contributed by atoms with Crippen molar-refractivity contribution in [3.63, 3.8) is 0 Å². The van der Waals surface area contributed by atoms with Crippen molar-refractivity contribution < 1.29 is 19.7 Å². The second-order valence-electron chi connectivity index (χ2n) is 4.34. The molecule has 2 rings (SSSR count). The van der Waals surface area contributed by atoms with E-state index < -0.39 is 12.2 Å². The molecule has 0 spiro atoms. The van der Waals surface area contributed by atoms with Crippen LogP contribution in [0.25, 0.3) is 0 Å². The number of aliphatic hydroxyl groups excluding tert-OH is 1. The number of likely N-dealkylation sites (tertiary alicyclic amines) is 1. The van der Waals surface area contributed by atoms with Crippen molar-refractivity contribution in [3.05, 3.63) is 0 Å². The van der Waals surface area contributed by atoms with E-state index in [1.807, 2.05) is 0 Å². The fourth-order valence-electron chi connectivity index (χ4n) is 2.74. The van der Waals surface area contributed by atoms with Gasteiger partial charge in [-0.3, -0.25) is 4.90 Å². The lowest BCUT2D eigenvalue weighted by Gasteiger charge is -2.21. The Bertz CT molecular complexity index is 258. The van der Waals surface area contributed by atoms with Gasteiger partial charge in [-0.2, -0.15) is 0 Å².